The van der Waals surface area contributed by atoms with Gasteiger partial charge in [0.1, 0.15) is 5.75 Å². The summed E-state index contributed by atoms with van der Waals surface area (Å²) in [6.45, 7) is -0.613. The fourth-order valence-electron chi connectivity index (χ4n) is 3.70. The van der Waals surface area contributed by atoms with Crippen LogP contribution in [0.2, 0.25) is 0 Å². The van der Waals surface area contributed by atoms with Crippen molar-refractivity contribution in [3.05, 3.63) is 77.4 Å². The number of allylic oxidation sites excluding steroid dienone is 2. The van der Waals surface area contributed by atoms with Crippen LogP contribution in [0, 0.1) is 17.8 Å². The number of alkyl halides is 2. The average molecular weight is 380 g/mol. The highest BCUT2D eigenvalue weighted by atomic mass is 19.3. The predicted octanol–water partition coefficient (Wildman–Crippen LogP) is 6.73. The zero-order valence-electron chi connectivity index (χ0n) is 16.2. The molecule has 1 aliphatic carbocycles. The van der Waals surface area contributed by atoms with Crippen LogP contribution in [0.3, 0.4) is 0 Å². The molecule has 3 rings (SSSR count). The highest BCUT2D eigenvalue weighted by Gasteiger charge is 2.20. The second kappa shape index (κ2) is 10.1. The quantitative estimate of drug-likeness (QED) is 0.522. The van der Waals surface area contributed by atoms with Crippen molar-refractivity contribution in [2.45, 2.75) is 51.6 Å². The van der Waals surface area contributed by atoms with Gasteiger partial charge in [-0.2, -0.15) is 8.78 Å². The molecule has 146 valence electrons. The number of halogens is 2. The van der Waals surface area contributed by atoms with E-state index in [1.807, 2.05) is 6.08 Å². The smallest absolute Gasteiger partial charge is 0.387 e. The van der Waals surface area contributed by atoms with Crippen molar-refractivity contribution >= 4 is 0 Å². The minimum atomic E-state index is -2.80. The molecule has 0 saturated heterocycles. The third-order valence-electron chi connectivity index (χ3n) is 5.38. The summed E-state index contributed by atoms with van der Waals surface area (Å²) in [6, 6.07) is 15.5. The summed E-state index contributed by atoms with van der Waals surface area (Å²) in [5.41, 5.74) is 3.65. The maximum atomic E-state index is 12.1. The first-order chi connectivity index (χ1) is 13.6. The van der Waals surface area contributed by atoms with Crippen LogP contribution in [0.4, 0.5) is 8.78 Å². The summed E-state index contributed by atoms with van der Waals surface area (Å²) >= 11 is 0. The van der Waals surface area contributed by atoms with Gasteiger partial charge in [0.15, 0.2) is 0 Å². The Morgan fingerprint density at radius 2 is 1.68 bits per heavy atom. The molecule has 0 N–H and O–H groups in total. The Morgan fingerprint density at radius 1 is 1.00 bits per heavy atom. The van der Waals surface area contributed by atoms with E-state index < -0.39 is 6.61 Å². The molecule has 1 fully saturated rings. The third-order valence-corrected chi connectivity index (χ3v) is 5.38. The second-order valence-electron chi connectivity index (χ2n) is 7.24. The first kappa shape index (κ1) is 20.1. The summed E-state index contributed by atoms with van der Waals surface area (Å²) < 4.78 is 28.6. The normalized spacial score (nSPS) is 19.4. The minimum Gasteiger partial charge on any atom is -0.435 e. The largest absolute Gasteiger partial charge is 0.435 e. The molecule has 2 aromatic rings. The van der Waals surface area contributed by atoms with Crippen LogP contribution in [0.25, 0.3) is 0 Å². The van der Waals surface area contributed by atoms with E-state index >= 15 is 0 Å². The first-order valence-electron chi connectivity index (χ1n) is 9.96. The zero-order valence-corrected chi connectivity index (χ0v) is 16.2. The van der Waals surface area contributed by atoms with E-state index in [1.165, 1.54) is 48.9 Å². The van der Waals surface area contributed by atoms with Gasteiger partial charge in [-0.15, -0.1) is 0 Å². The Kier molecular flexibility index (Phi) is 7.25. The number of aryl methyl sites for hydroxylation is 1. The molecule has 2 aromatic carbocycles. The van der Waals surface area contributed by atoms with Crippen LogP contribution in [0.5, 0.6) is 5.75 Å². The van der Waals surface area contributed by atoms with Gasteiger partial charge in [0.2, 0.25) is 0 Å². The lowest BCUT2D eigenvalue weighted by molar-refractivity contribution is -0.0498. The van der Waals surface area contributed by atoms with Gasteiger partial charge in [0.25, 0.3) is 0 Å². The van der Waals surface area contributed by atoms with E-state index in [4.69, 9.17) is 0 Å². The van der Waals surface area contributed by atoms with Crippen molar-refractivity contribution in [1.82, 2.24) is 0 Å². The van der Waals surface area contributed by atoms with Crippen LogP contribution in [-0.2, 0) is 6.42 Å². The molecule has 1 aliphatic rings. The van der Waals surface area contributed by atoms with Crippen molar-refractivity contribution in [3.63, 3.8) is 0 Å². The lowest BCUT2D eigenvalue weighted by atomic mass is 9.78. The molecule has 1 saturated carbocycles. The van der Waals surface area contributed by atoms with Crippen LogP contribution in [-0.4, -0.2) is 6.61 Å². The number of ether oxygens (including phenoxy) is 1. The molecule has 0 radical (unpaired) electrons. The van der Waals surface area contributed by atoms with E-state index in [1.54, 1.807) is 12.1 Å². The van der Waals surface area contributed by atoms with Crippen molar-refractivity contribution in [1.29, 1.82) is 0 Å². The lowest BCUT2D eigenvalue weighted by Gasteiger charge is -2.27. The van der Waals surface area contributed by atoms with E-state index in [0.717, 1.165) is 12.0 Å². The third kappa shape index (κ3) is 5.96. The fraction of sp³-hybridized carbons (Fsp3) is 0.360. The molecule has 0 heterocycles. The maximum absolute atomic E-state index is 12.1. The van der Waals surface area contributed by atoms with E-state index in [9.17, 15) is 8.78 Å². The zero-order chi connectivity index (χ0) is 19.8. The number of hydrogen-bond acceptors (Lipinski definition) is 1. The summed E-state index contributed by atoms with van der Waals surface area (Å²) in [4.78, 5) is 0. The van der Waals surface area contributed by atoms with Gasteiger partial charge < -0.3 is 4.74 Å². The first-order valence-corrected chi connectivity index (χ1v) is 9.96. The van der Waals surface area contributed by atoms with Gasteiger partial charge in [-0.25, -0.2) is 0 Å². The average Bonchev–Trinajstić information content (AvgIpc) is 2.72. The van der Waals surface area contributed by atoms with Crippen molar-refractivity contribution in [2.75, 3.05) is 0 Å². The van der Waals surface area contributed by atoms with Gasteiger partial charge in [0, 0.05) is 5.56 Å². The predicted molar refractivity (Wildman–Crippen MR) is 110 cm³/mol. The van der Waals surface area contributed by atoms with Gasteiger partial charge >= 0.3 is 6.61 Å². The molecule has 0 unspecified atom stereocenters. The highest BCUT2D eigenvalue weighted by Crippen LogP contribution is 2.36. The van der Waals surface area contributed by atoms with Crippen LogP contribution in [0.1, 0.15) is 55.2 Å². The van der Waals surface area contributed by atoms with Crippen molar-refractivity contribution < 1.29 is 13.5 Å². The Hall–Kier alpha value is -2.60. The van der Waals surface area contributed by atoms with Crippen LogP contribution >= 0.6 is 0 Å². The molecule has 1 nitrogen and oxygen atoms in total. The Balaban J connectivity index is 1.47. The fourth-order valence-corrected chi connectivity index (χ4v) is 3.70. The molecule has 0 spiro atoms. The molecular weight excluding hydrogens is 354 g/mol. The summed E-state index contributed by atoms with van der Waals surface area (Å²) in [5.74, 6) is 7.49. The Morgan fingerprint density at radius 3 is 2.29 bits per heavy atom. The monoisotopic (exact) mass is 380 g/mol. The topological polar surface area (TPSA) is 9.23 Å². The van der Waals surface area contributed by atoms with Crippen LogP contribution in [0.15, 0.2) is 60.7 Å². The number of rotatable bonds is 5. The SMILES string of the molecule is CCc1ccc([C@H]2CC[C@H](C=CC#Cc3ccc(OC(F)F)cc3)CC2)cc1. The lowest BCUT2D eigenvalue weighted by Crippen LogP contribution is -2.11. The molecule has 0 bridgehead atoms. The van der Waals surface area contributed by atoms with E-state index in [2.05, 4.69) is 53.8 Å². The van der Waals surface area contributed by atoms with Gasteiger partial charge in [0.05, 0.1) is 0 Å². The van der Waals surface area contributed by atoms with Gasteiger partial charge in [-0.3, -0.25) is 0 Å². The minimum absolute atomic E-state index is 0.150. The number of benzene rings is 2. The molecule has 0 amide bonds. The van der Waals surface area contributed by atoms with Crippen molar-refractivity contribution in [3.8, 4) is 17.6 Å². The standard InChI is InChI=1S/C25H26F2O/c1-2-19-7-13-22(14-8-19)23-15-9-20(10-16-23)5-3-4-6-21-11-17-24(18-12-21)28-25(26)27/h3,5,7-8,11-14,17-18,20,23,25H,2,9-10,15-16H2,1H3/t20-,23-. The van der Waals surface area contributed by atoms with Gasteiger partial charge in [-0.1, -0.05) is 49.1 Å². The Bertz CT molecular complexity index is 818. The molecule has 0 aliphatic heterocycles. The second-order valence-corrected chi connectivity index (χ2v) is 7.24. The van der Waals surface area contributed by atoms with E-state index in [-0.39, 0.29) is 5.75 Å². The number of hydrogen-bond donors (Lipinski definition) is 0. The summed E-state index contributed by atoms with van der Waals surface area (Å²) in [6.07, 6.45) is 10.0. The molecule has 28 heavy (non-hydrogen) atoms. The maximum Gasteiger partial charge on any atom is 0.387 e. The van der Waals surface area contributed by atoms with Crippen LogP contribution < -0.4 is 4.74 Å². The molecule has 3 heteroatoms. The highest BCUT2D eigenvalue weighted by molar-refractivity contribution is 5.40. The molecule has 0 aromatic heterocycles. The molecule has 0 atom stereocenters. The summed E-state index contributed by atoms with van der Waals surface area (Å²) in [7, 11) is 0. The van der Waals surface area contributed by atoms with E-state index in [0.29, 0.717) is 11.8 Å². The molecular formula is C25H26F2O. The van der Waals surface area contributed by atoms with Gasteiger partial charge in [-0.05, 0) is 85.4 Å². The Labute approximate surface area is 166 Å². The summed E-state index contributed by atoms with van der Waals surface area (Å²) in [5, 5.41) is 0. The van der Waals surface area contributed by atoms with Crippen molar-refractivity contribution in [2.24, 2.45) is 5.92 Å².